The number of benzene rings is 2. The van der Waals surface area contributed by atoms with Crippen molar-refractivity contribution in [3.05, 3.63) is 59.8 Å². The second-order valence-corrected chi connectivity index (χ2v) is 5.24. The zero-order valence-electron chi connectivity index (χ0n) is 13.2. The summed E-state index contributed by atoms with van der Waals surface area (Å²) >= 11 is 0. The van der Waals surface area contributed by atoms with Gasteiger partial charge in [-0.05, 0) is 42.0 Å². The van der Waals surface area contributed by atoms with Gasteiger partial charge in [0.2, 0.25) is 6.79 Å². The number of carbonyl (C=O) groups excluding carboxylic acids is 1. The smallest absolute Gasteiger partial charge is 0.267 e. The minimum atomic E-state index is -0.536. The average Bonchev–Trinajstić information content (AvgIpc) is 3.08. The van der Waals surface area contributed by atoms with E-state index in [2.05, 4.69) is 10.6 Å². The molecule has 1 aliphatic rings. The average molecular weight is 337 g/mol. The molecule has 0 unspecified atom stereocenters. The first kappa shape index (κ1) is 16.2. The number of carbonyl (C=O) groups is 1. The van der Waals surface area contributed by atoms with Gasteiger partial charge in [-0.25, -0.2) is 0 Å². The van der Waals surface area contributed by atoms with Gasteiger partial charge in [-0.1, -0.05) is 6.07 Å². The molecule has 0 atom stereocenters. The number of nitriles is 1. The third kappa shape index (κ3) is 4.00. The fraction of sp³-hybridized carbons (Fsp3) is 0.111. The molecule has 2 aromatic rings. The van der Waals surface area contributed by atoms with Gasteiger partial charge in [0.15, 0.2) is 11.5 Å². The number of hydrogen-bond acceptors (Lipinski definition) is 6. The molecule has 1 amide bonds. The van der Waals surface area contributed by atoms with Crippen molar-refractivity contribution >= 4 is 11.6 Å². The molecule has 7 heteroatoms. The molecule has 0 saturated heterocycles. The highest BCUT2D eigenvalue weighted by molar-refractivity contribution is 6.06. The minimum Gasteiger partial charge on any atom is -0.508 e. The van der Waals surface area contributed by atoms with E-state index in [1.807, 2.05) is 24.3 Å². The second-order valence-electron chi connectivity index (χ2n) is 5.24. The molecule has 2 aromatic carbocycles. The molecule has 0 bridgehead atoms. The molecule has 0 aliphatic carbocycles. The molecule has 0 saturated carbocycles. The maximum Gasteiger partial charge on any atom is 0.267 e. The molecule has 3 rings (SSSR count). The minimum absolute atomic E-state index is 0.0613. The molecule has 1 aliphatic heterocycles. The van der Waals surface area contributed by atoms with E-state index in [1.165, 1.54) is 18.3 Å². The summed E-state index contributed by atoms with van der Waals surface area (Å²) in [5.41, 5.74) is 1.35. The summed E-state index contributed by atoms with van der Waals surface area (Å²) in [5.74, 6) is 0.935. The van der Waals surface area contributed by atoms with Gasteiger partial charge in [0.1, 0.15) is 17.4 Å². The van der Waals surface area contributed by atoms with Crippen LogP contribution in [0.25, 0.3) is 0 Å². The van der Waals surface area contributed by atoms with Gasteiger partial charge in [0.25, 0.3) is 5.91 Å². The molecule has 25 heavy (non-hydrogen) atoms. The summed E-state index contributed by atoms with van der Waals surface area (Å²) in [7, 11) is 0. The van der Waals surface area contributed by atoms with Crippen molar-refractivity contribution < 1.29 is 19.4 Å². The number of hydrogen-bond donors (Lipinski definition) is 3. The maximum atomic E-state index is 12.1. The number of amides is 1. The highest BCUT2D eigenvalue weighted by Gasteiger charge is 2.13. The van der Waals surface area contributed by atoms with E-state index in [9.17, 15) is 9.90 Å². The molecule has 0 aromatic heterocycles. The number of nitrogens with zero attached hydrogens (tertiary/aromatic N) is 1. The second kappa shape index (κ2) is 7.27. The van der Waals surface area contributed by atoms with E-state index in [0.717, 1.165) is 5.56 Å². The summed E-state index contributed by atoms with van der Waals surface area (Å²) < 4.78 is 10.5. The predicted octanol–water partition coefficient (Wildman–Crippen LogP) is 2.26. The lowest BCUT2D eigenvalue weighted by Crippen LogP contribution is -2.16. The molecule has 1 heterocycles. The van der Waals surface area contributed by atoms with E-state index in [0.29, 0.717) is 23.7 Å². The van der Waals surface area contributed by atoms with E-state index in [4.69, 9.17) is 14.7 Å². The summed E-state index contributed by atoms with van der Waals surface area (Å²) in [4.78, 5) is 12.1. The van der Waals surface area contributed by atoms with Crippen LogP contribution in [-0.4, -0.2) is 17.8 Å². The van der Waals surface area contributed by atoms with Gasteiger partial charge < -0.3 is 25.2 Å². The fourth-order valence-electron chi connectivity index (χ4n) is 2.21. The highest BCUT2D eigenvalue weighted by atomic mass is 16.7. The summed E-state index contributed by atoms with van der Waals surface area (Å²) in [6, 6.07) is 13.4. The lowest BCUT2D eigenvalue weighted by molar-refractivity contribution is -0.112. The first-order valence-electron chi connectivity index (χ1n) is 7.48. The van der Waals surface area contributed by atoms with E-state index in [1.54, 1.807) is 12.1 Å². The van der Waals surface area contributed by atoms with Crippen LogP contribution in [0.15, 0.2) is 54.2 Å². The highest BCUT2D eigenvalue weighted by Crippen LogP contribution is 2.32. The Kier molecular flexibility index (Phi) is 4.72. The van der Waals surface area contributed by atoms with E-state index in [-0.39, 0.29) is 18.1 Å². The lowest BCUT2D eigenvalue weighted by atomic mass is 10.2. The summed E-state index contributed by atoms with van der Waals surface area (Å²) in [6.45, 7) is 0.635. The van der Waals surface area contributed by atoms with Crippen LogP contribution in [0.2, 0.25) is 0 Å². The SMILES string of the molecule is N#C/C(=C/NCc1ccc2c(c1)OCO2)C(=O)Nc1ccc(O)cc1. The number of ether oxygens (including phenoxy) is 2. The standard InChI is InChI=1S/C18H15N3O4/c19-8-13(18(23)21-14-2-4-15(22)5-3-14)10-20-9-12-1-6-16-17(7-12)25-11-24-16/h1-7,10,20,22H,9,11H2,(H,21,23)/b13-10-. The van der Waals surface area contributed by atoms with Gasteiger partial charge in [-0.2, -0.15) is 5.26 Å². The Hall–Kier alpha value is -3.66. The first-order valence-corrected chi connectivity index (χ1v) is 7.48. The molecule has 0 fully saturated rings. The van der Waals surface area contributed by atoms with E-state index >= 15 is 0 Å². The number of fused-ring (bicyclic) bond motifs is 1. The van der Waals surface area contributed by atoms with Crippen molar-refractivity contribution in [3.8, 4) is 23.3 Å². The van der Waals surface area contributed by atoms with Gasteiger partial charge in [0.05, 0.1) is 0 Å². The van der Waals surface area contributed by atoms with Crippen LogP contribution in [0.3, 0.4) is 0 Å². The van der Waals surface area contributed by atoms with Crippen LogP contribution >= 0.6 is 0 Å². The first-order chi connectivity index (χ1) is 12.2. The third-order valence-electron chi connectivity index (χ3n) is 3.48. The molecular weight excluding hydrogens is 322 g/mol. The monoisotopic (exact) mass is 337 g/mol. The number of phenolic OH excluding ortho intramolecular Hbond substituents is 1. The van der Waals surface area contributed by atoms with Crippen molar-refractivity contribution in [2.75, 3.05) is 12.1 Å². The van der Waals surface area contributed by atoms with Crippen molar-refractivity contribution in [1.29, 1.82) is 5.26 Å². The van der Waals surface area contributed by atoms with Crippen molar-refractivity contribution in [2.24, 2.45) is 0 Å². The number of anilines is 1. The van der Waals surface area contributed by atoms with Crippen LogP contribution in [-0.2, 0) is 11.3 Å². The quantitative estimate of drug-likeness (QED) is 0.439. The Bertz CT molecular complexity index is 854. The number of aromatic hydroxyl groups is 1. The normalized spacial score (nSPS) is 12.4. The zero-order chi connectivity index (χ0) is 17.6. The fourth-order valence-corrected chi connectivity index (χ4v) is 2.21. The molecule has 0 spiro atoms. The van der Waals surface area contributed by atoms with Crippen LogP contribution < -0.4 is 20.1 Å². The summed E-state index contributed by atoms with van der Waals surface area (Å²) in [5, 5.41) is 23.9. The van der Waals surface area contributed by atoms with Crippen LogP contribution in [0, 0.1) is 11.3 Å². The third-order valence-corrected chi connectivity index (χ3v) is 3.48. The number of phenols is 1. The van der Waals surface area contributed by atoms with Crippen molar-refractivity contribution in [1.82, 2.24) is 5.32 Å². The lowest BCUT2D eigenvalue weighted by Gasteiger charge is -2.06. The predicted molar refractivity (Wildman–Crippen MR) is 89.8 cm³/mol. The van der Waals surface area contributed by atoms with Crippen LogP contribution in [0.1, 0.15) is 5.56 Å². The molecule has 3 N–H and O–H groups in total. The summed E-state index contributed by atoms with van der Waals surface area (Å²) in [6.07, 6.45) is 1.36. The molecule has 7 nitrogen and oxygen atoms in total. The Balaban J connectivity index is 1.59. The van der Waals surface area contributed by atoms with Gasteiger partial charge in [0, 0.05) is 18.4 Å². The van der Waals surface area contributed by atoms with Crippen molar-refractivity contribution in [2.45, 2.75) is 6.54 Å². The largest absolute Gasteiger partial charge is 0.508 e. The topological polar surface area (TPSA) is 104 Å². The Labute approximate surface area is 144 Å². The van der Waals surface area contributed by atoms with Gasteiger partial charge in [-0.15, -0.1) is 0 Å². The van der Waals surface area contributed by atoms with E-state index < -0.39 is 5.91 Å². The van der Waals surface area contributed by atoms with Crippen molar-refractivity contribution in [3.63, 3.8) is 0 Å². The van der Waals surface area contributed by atoms with Crippen LogP contribution in [0.4, 0.5) is 5.69 Å². The Morgan fingerprint density at radius 1 is 1.20 bits per heavy atom. The molecule has 126 valence electrons. The molecule has 0 radical (unpaired) electrons. The van der Waals surface area contributed by atoms with Gasteiger partial charge in [-0.3, -0.25) is 4.79 Å². The van der Waals surface area contributed by atoms with Crippen LogP contribution in [0.5, 0.6) is 17.2 Å². The Morgan fingerprint density at radius 3 is 2.72 bits per heavy atom. The maximum absolute atomic E-state index is 12.1. The Morgan fingerprint density at radius 2 is 1.96 bits per heavy atom. The molecular formula is C18H15N3O4. The number of nitrogens with one attached hydrogen (secondary N) is 2. The zero-order valence-corrected chi connectivity index (χ0v) is 13.2. The number of rotatable bonds is 5. The van der Waals surface area contributed by atoms with Gasteiger partial charge >= 0.3 is 0 Å².